The minimum absolute atomic E-state index is 0.0974. The van der Waals surface area contributed by atoms with Crippen LogP contribution >= 0.6 is 0 Å². The first kappa shape index (κ1) is 22.3. The number of carbonyl (C=O) groups is 1. The van der Waals surface area contributed by atoms with Gasteiger partial charge < -0.3 is 9.73 Å². The second-order valence-corrected chi connectivity index (χ2v) is 8.35. The van der Waals surface area contributed by atoms with Gasteiger partial charge in [0.25, 0.3) is 15.9 Å². The second kappa shape index (κ2) is 8.42. The van der Waals surface area contributed by atoms with Gasteiger partial charge in [0.05, 0.1) is 10.6 Å². The number of anilines is 1. The maximum Gasteiger partial charge on any atom is 0.405 e. The minimum Gasteiger partial charge on any atom is -0.441 e. The average Bonchev–Trinajstić information content (AvgIpc) is 3.04. The van der Waals surface area contributed by atoms with Gasteiger partial charge in [-0.3, -0.25) is 9.52 Å². The third-order valence-electron chi connectivity index (χ3n) is 4.27. The molecule has 0 radical (unpaired) electrons. The van der Waals surface area contributed by atoms with Crippen molar-refractivity contribution in [2.24, 2.45) is 0 Å². The fourth-order valence-electron chi connectivity index (χ4n) is 2.59. The Balaban J connectivity index is 1.75. The predicted octanol–water partition coefficient (Wildman–Crippen LogP) is 4.05. The fraction of sp³-hybridized carbons (Fsp3) is 0.200. The number of sulfonamides is 1. The van der Waals surface area contributed by atoms with E-state index in [0.29, 0.717) is 17.2 Å². The van der Waals surface area contributed by atoms with Crippen LogP contribution in [0.1, 0.15) is 21.8 Å². The Morgan fingerprint density at radius 1 is 1.10 bits per heavy atom. The molecule has 0 saturated heterocycles. The Hall–Kier alpha value is -3.34. The summed E-state index contributed by atoms with van der Waals surface area (Å²) in [7, 11) is -4.01. The molecule has 0 aliphatic carbocycles. The third-order valence-corrected chi connectivity index (χ3v) is 5.66. The number of aromatic nitrogens is 1. The van der Waals surface area contributed by atoms with E-state index in [1.54, 1.807) is 43.4 Å². The molecule has 0 unspecified atom stereocenters. The Morgan fingerprint density at radius 3 is 2.35 bits per heavy atom. The molecule has 3 aromatic rings. The molecule has 1 amide bonds. The van der Waals surface area contributed by atoms with E-state index in [0.717, 1.165) is 30.0 Å². The summed E-state index contributed by atoms with van der Waals surface area (Å²) in [4.78, 5) is 15.9. The number of amides is 1. The van der Waals surface area contributed by atoms with E-state index >= 15 is 0 Å². The summed E-state index contributed by atoms with van der Waals surface area (Å²) >= 11 is 0. The van der Waals surface area contributed by atoms with Gasteiger partial charge in [-0.25, -0.2) is 13.4 Å². The smallest absolute Gasteiger partial charge is 0.405 e. The van der Waals surface area contributed by atoms with Crippen LogP contribution in [0.4, 0.5) is 18.9 Å². The lowest BCUT2D eigenvalue weighted by atomic mass is 10.2. The van der Waals surface area contributed by atoms with Gasteiger partial charge in [0.15, 0.2) is 0 Å². The van der Waals surface area contributed by atoms with Crippen molar-refractivity contribution in [2.75, 3.05) is 11.3 Å². The van der Waals surface area contributed by atoms with E-state index in [4.69, 9.17) is 4.42 Å². The van der Waals surface area contributed by atoms with Crippen molar-refractivity contribution in [3.05, 3.63) is 65.5 Å². The van der Waals surface area contributed by atoms with Gasteiger partial charge in [0, 0.05) is 16.8 Å². The lowest BCUT2D eigenvalue weighted by Gasteiger charge is -2.10. The van der Waals surface area contributed by atoms with Gasteiger partial charge in [0.1, 0.15) is 12.3 Å². The Kier molecular flexibility index (Phi) is 6.07. The minimum atomic E-state index is -4.54. The molecule has 0 spiro atoms. The Bertz CT molecular complexity index is 1180. The number of rotatable bonds is 6. The summed E-state index contributed by atoms with van der Waals surface area (Å²) in [6, 6.07) is 11.0. The summed E-state index contributed by atoms with van der Waals surface area (Å²) in [6.45, 7) is 2.08. The molecule has 0 bridgehead atoms. The molecule has 7 nitrogen and oxygen atoms in total. The number of alkyl halides is 3. The molecule has 0 saturated carbocycles. The van der Waals surface area contributed by atoms with Crippen LogP contribution in [0.3, 0.4) is 0 Å². The van der Waals surface area contributed by atoms with Crippen molar-refractivity contribution in [3.8, 4) is 11.5 Å². The number of benzene rings is 2. The number of halogens is 3. The molecular formula is C20H18F3N3O4S. The van der Waals surface area contributed by atoms with Gasteiger partial charge in [-0.2, -0.15) is 13.2 Å². The van der Waals surface area contributed by atoms with Crippen molar-refractivity contribution in [2.45, 2.75) is 24.9 Å². The van der Waals surface area contributed by atoms with Crippen LogP contribution < -0.4 is 10.0 Å². The quantitative estimate of drug-likeness (QED) is 0.586. The van der Waals surface area contributed by atoms with Crippen LogP contribution in [-0.2, 0) is 10.0 Å². The van der Waals surface area contributed by atoms with Crippen LogP contribution in [-0.4, -0.2) is 32.0 Å². The van der Waals surface area contributed by atoms with Crippen molar-refractivity contribution in [1.82, 2.24) is 10.3 Å². The largest absolute Gasteiger partial charge is 0.441 e. The predicted molar refractivity (Wildman–Crippen MR) is 107 cm³/mol. The van der Waals surface area contributed by atoms with Crippen molar-refractivity contribution >= 4 is 21.6 Å². The van der Waals surface area contributed by atoms with Crippen LogP contribution in [0, 0.1) is 13.8 Å². The fourth-order valence-corrected chi connectivity index (χ4v) is 3.64. The zero-order chi connectivity index (χ0) is 22.8. The normalized spacial score (nSPS) is 11.9. The van der Waals surface area contributed by atoms with E-state index in [2.05, 4.69) is 9.71 Å². The number of hydrogen-bond acceptors (Lipinski definition) is 5. The topological polar surface area (TPSA) is 101 Å². The number of carbonyl (C=O) groups excluding carboxylic acids is 1. The van der Waals surface area contributed by atoms with E-state index < -0.39 is 28.7 Å². The number of nitrogens with zero attached hydrogens (tertiary/aromatic N) is 1. The van der Waals surface area contributed by atoms with Crippen molar-refractivity contribution < 1.29 is 30.8 Å². The SMILES string of the molecule is Cc1nc(-c2cccc(NS(=O)(=O)c3ccc(C(=O)NCC(F)(F)F)cc3)c2)oc1C. The van der Waals surface area contributed by atoms with Crippen LogP contribution in [0.25, 0.3) is 11.5 Å². The van der Waals surface area contributed by atoms with Gasteiger partial charge in [-0.1, -0.05) is 6.07 Å². The summed E-state index contributed by atoms with van der Waals surface area (Å²) in [5.74, 6) is 0.0454. The summed E-state index contributed by atoms with van der Waals surface area (Å²) in [6.07, 6.45) is -4.54. The number of aryl methyl sites for hydroxylation is 2. The Labute approximate surface area is 176 Å². The van der Waals surface area contributed by atoms with Crippen LogP contribution in [0.15, 0.2) is 57.8 Å². The highest BCUT2D eigenvalue weighted by Crippen LogP contribution is 2.25. The maximum atomic E-state index is 12.6. The highest BCUT2D eigenvalue weighted by Gasteiger charge is 2.28. The molecule has 0 fully saturated rings. The molecular weight excluding hydrogens is 435 g/mol. The second-order valence-electron chi connectivity index (χ2n) is 6.67. The lowest BCUT2D eigenvalue weighted by Crippen LogP contribution is -2.33. The Morgan fingerprint density at radius 2 is 1.77 bits per heavy atom. The van der Waals surface area contributed by atoms with Crippen molar-refractivity contribution in [1.29, 1.82) is 0 Å². The summed E-state index contributed by atoms with van der Waals surface area (Å²) in [5, 5.41) is 1.72. The molecule has 2 aromatic carbocycles. The molecule has 1 aromatic heterocycles. The molecule has 2 N–H and O–H groups in total. The maximum absolute atomic E-state index is 12.6. The van der Waals surface area contributed by atoms with Gasteiger partial charge in [0.2, 0.25) is 5.89 Å². The average molecular weight is 453 g/mol. The molecule has 1 heterocycles. The van der Waals surface area contributed by atoms with E-state index in [9.17, 15) is 26.4 Å². The molecule has 0 aliphatic rings. The van der Waals surface area contributed by atoms with Crippen molar-refractivity contribution in [3.63, 3.8) is 0 Å². The highest BCUT2D eigenvalue weighted by atomic mass is 32.2. The summed E-state index contributed by atoms with van der Waals surface area (Å²) < 4.78 is 69.9. The zero-order valence-corrected chi connectivity index (χ0v) is 17.3. The zero-order valence-electron chi connectivity index (χ0n) is 16.4. The first-order chi connectivity index (χ1) is 14.4. The molecule has 0 aliphatic heterocycles. The van der Waals surface area contributed by atoms with E-state index in [-0.39, 0.29) is 16.1 Å². The first-order valence-corrected chi connectivity index (χ1v) is 10.5. The lowest BCUT2D eigenvalue weighted by molar-refractivity contribution is -0.123. The monoisotopic (exact) mass is 453 g/mol. The van der Waals surface area contributed by atoms with Gasteiger partial charge >= 0.3 is 6.18 Å². The molecule has 11 heteroatoms. The third kappa shape index (κ3) is 5.63. The number of nitrogens with one attached hydrogen (secondary N) is 2. The van der Waals surface area contributed by atoms with E-state index in [1.807, 2.05) is 0 Å². The van der Waals surface area contributed by atoms with Gasteiger partial charge in [-0.05, 0) is 56.3 Å². The molecule has 164 valence electrons. The number of hydrogen-bond donors (Lipinski definition) is 2. The van der Waals surface area contributed by atoms with Gasteiger partial charge in [-0.15, -0.1) is 0 Å². The molecule has 0 atom stereocenters. The summed E-state index contributed by atoms with van der Waals surface area (Å²) in [5.41, 5.74) is 1.46. The van der Waals surface area contributed by atoms with Crippen LogP contribution in [0.5, 0.6) is 0 Å². The first-order valence-electron chi connectivity index (χ1n) is 8.97. The number of oxazole rings is 1. The highest BCUT2D eigenvalue weighted by molar-refractivity contribution is 7.92. The molecule has 31 heavy (non-hydrogen) atoms. The standard InChI is InChI=1S/C20H18F3N3O4S/c1-12-13(2)30-19(25-12)15-4-3-5-16(10-15)26-31(28,29)17-8-6-14(7-9-17)18(27)24-11-20(21,22)23/h3-10,26H,11H2,1-2H3,(H,24,27). The van der Waals surface area contributed by atoms with E-state index in [1.165, 1.54) is 0 Å². The van der Waals surface area contributed by atoms with Crippen LogP contribution in [0.2, 0.25) is 0 Å². The molecule has 3 rings (SSSR count).